The van der Waals surface area contributed by atoms with Crippen molar-refractivity contribution in [2.45, 2.75) is 110 Å². The zero-order valence-electron chi connectivity index (χ0n) is 23.7. The third kappa shape index (κ3) is 11.2. The maximum Gasteiger partial charge on any atom is 0.119 e. The van der Waals surface area contributed by atoms with Gasteiger partial charge in [-0.05, 0) is 42.1 Å². The van der Waals surface area contributed by atoms with Gasteiger partial charge in [0.2, 0.25) is 0 Å². The van der Waals surface area contributed by atoms with E-state index < -0.39 is 0 Å². The molecular weight excluding hydrogens is 466 g/mol. The Morgan fingerprint density at radius 1 is 0.579 bits per heavy atom. The molecule has 4 nitrogen and oxygen atoms in total. The number of rotatable bonds is 20. The first kappa shape index (κ1) is 29.7. The fourth-order valence-corrected chi connectivity index (χ4v) is 4.94. The molecule has 3 aromatic rings. The minimum absolute atomic E-state index is 0.631. The van der Waals surface area contributed by atoms with E-state index in [2.05, 4.69) is 23.2 Å². The number of hydrogen-bond donors (Lipinski definition) is 1. The SMILES string of the molecule is CCCCCCCCCCCCCCCCCCOc1ccc(/N=N/c2c(N)ccc3ccccc23)cc1. The van der Waals surface area contributed by atoms with Crippen LogP contribution in [-0.2, 0) is 0 Å². The summed E-state index contributed by atoms with van der Waals surface area (Å²) in [4.78, 5) is 0. The van der Waals surface area contributed by atoms with Gasteiger partial charge < -0.3 is 10.5 Å². The molecule has 0 aliphatic heterocycles. The predicted octanol–water partition coefficient (Wildman–Crippen LogP) is 11.5. The normalized spacial score (nSPS) is 11.5. The van der Waals surface area contributed by atoms with Gasteiger partial charge in [-0.3, -0.25) is 0 Å². The van der Waals surface area contributed by atoms with Crippen molar-refractivity contribution >= 4 is 27.8 Å². The molecule has 206 valence electrons. The lowest BCUT2D eigenvalue weighted by atomic mass is 10.0. The first-order valence-electron chi connectivity index (χ1n) is 15.2. The number of ether oxygens (including phenoxy) is 1. The summed E-state index contributed by atoms with van der Waals surface area (Å²) < 4.78 is 5.93. The summed E-state index contributed by atoms with van der Waals surface area (Å²) in [7, 11) is 0. The quantitative estimate of drug-likeness (QED) is 0.0923. The largest absolute Gasteiger partial charge is 0.494 e. The maximum absolute atomic E-state index is 6.16. The van der Waals surface area contributed by atoms with Crippen molar-refractivity contribution in [2.75, 3.05) is 12.3 Å². The highest BCUT2D eigenvalue weighted by molar-refractivity contribution is 5.97. The van der Waals surface area contributed by atoms with Gasteiger partial charge >= 0.3 is 0 Å². The molecule has 3 rings (SSSR count). The maximum atomic E-state index is 6.16. The Hall–Kier alpha value is -2.88. The zero-order chi connectivity index (χ0) is 26.7. The Morgan fingerprint density at radius 2 is 1.13 bits per heavy atom. The number of unbranched alkanes of at least 4 members (excludes halogenated alkanes) is 15. The van der Waals surface area contributed by atoms with E-state index >= 15 is 0 Å². The molecule has 0 aliphatic rings. The predicted molar refractivity (Wildman–Crippen MR) is 164 cm³/mol. The standard InChI is InChI=1S/C34H49N3O/c1-2-3-4-5-6-7-8-9-10-11-12-13-14-15-16-19-28-38-31-25-23-30(24-26-31)36-37-34-32-21-18-17-20-29(32)22-27-33(34)35/h17-18,20-27H,2-16,19,28,35H2,1H3/b37-36+. The molecule has 0 aromatic heterocycles. The van der Waals surface area contributed by atoms with Crippen LogP contribution in [0.15, 0.2) is 70.9 Å². The van der Waals surface area contributed by atoms with Crippen LogP contribution >= 0.6 is 0 Å². The van der Waals surface area contributed by atoms with Crippen LogP contribution in [-0.4, -0.2) is 6.61 Å². The third-order valence-electron chi connectivity index (χ3n) is 7.30. The van der Waals surface area contributed by atoms with Gasteiger partial charge in [-0.15, -0.1) is 5.11 Å². The van der Waals surface area contributed by atoms with E-state index in [4.69, 9.17) is 10.5 Å². The van der Waals surface area contributed by atoms with Gasteiger partial charge in [0.1, 0.15) is 11.4 Å². The lowest BCUT2D eigenvalue weighted by Crippen LogP contribution is -1.96. The first-order chi connectivity index (χ1) is 18.8. The van der Waals surface area contributed by atoms with Crippen molar-refractivity contribution in [3.05, 3.63) is 60.7 Å². The second-order valence-corrected chi connectivity index (χ2v) is 10.6. The van der Waals surface area contributed by atoms with E-state index in [0.717, 1.165) is 35.2 Å². The summed E-state index contributed by atoms with van der Waals surface area (Å²) in [5.74, 6) is 0.884. The monoisotopic (exact) mass is 515 g/mol. The molecule has 38 heavy (non-hydrogen) atoms. The second-order valence-electron chi connectivity index (χ2n) is 10.6. The number of benzene rings is 3. The first-order valence-corrected chi connectivity index (χ1v) is 15.2. The topological polar surface area (TPSA) is 60.0 Å². The fourth-order valence-electron chi connectivity index (χ4n) is 4.94. The van der Waals surface area contributed by atoms with Crippen molar-refractivity contribution in [3.8, 4) is 5.75 Å². The molecule has 0 heterocycles. The molecule has 0 amide bonds. The van der Waals surface area contributed by atoms with Crippen LogP contribution in [0.4, 0.5) is 17.1 Å². The summed E-state index contributed by atoms with van der Waals surface area (Å²) in [5.41, 5.74) is 8.29. The number of fused-ring (bicyclic) bond motifs is 1. The molecule has 0 saturated carbocycles. The van der Waals surface area contributed by atoms with E-state index in [1.807, 2.05) is 54.6 Å². The highest BCUT2D eigenvalue weighted by Crippen LogP contribution is 2.33. The van der Waals surface area contributed by atoms with E-state index in [9.17, 15) is 0 Å². The summed E-state index contributed by atoms with van der Waals surface area (Å²) in [5, 5.41) is 11.0. The van der Waals surface area contributed by atoms with Gasteiger partial charge in [0.05, 0.1) is 18.0 Å². The molecule has 0 atom stereocenters. The molecule has 3 aromatic carbocycles. The van der Waals surface area contributed by atoms with Crippen molar-refractivity contribution in [1.29, 1.82) is 0 Å². The van der Waals surface area contributed by atoms with Crippen molar-refractivity contribution in [3.63, 3.8) is 0 Å². The van der Waals surface area contributed by atoms with Gasteiger partial charge in [0, 0.05) is 5.39 Å². The molecule has 0 bridgehead atoms. The Kier molecular flexibility index (Phi) is 14.4. The van der Waals surface area contributed by atoms with Crippen LogP contribution in [0.3, 0.4) is 0 Å². The van der Waals surface area contributed by atoms with Gasteiger partial charge in [0.25, 0.3) is 0 Å². The van der Waals surface area contributed by atoms with Crippen molar-refractivity contribution in [2.24, 2.45) is 10.2 Å². The Labute approximate surface area is 231 Å². The average Bonchev–Trinajstić information content (AvgIpc) is 2.95. The number of hydrogen-bond acceptors (Lipinski definition) is 4. The molecule has 2 N–H and O–H groups in total. The van der Waals surface area contributed by atoms with Crippen LogP contribution in [0.5, 0.6) is 5.75 Å². The van der Waals surface area contributed by atoms with Gasteiger partial charge in [-0.2, -0.15) is 5.11 Å². The highest BCUT2D eigenvalue weighted by atomic mass is 16.5. The summed E-state index contributed by atoms with van der Waals surface area (Å²) in [6.45, 7) is 3.06. The molecule has 0 saturated heterocycles. The van der Waals surface area contributed by atoms with Crippen LogP contribution in [0.25, 0.3) is 10.8 Å². The third-order valence-corrected chi connectivity index (χ3v) is 7.30. The summed E-state index contributed by atoms with van der Waals surface area (Å²) >= 11 is 0. The summed E-state index contributed by atoms with van der Waals surface area (Å²) in [6, 6.07) is 19.8. The highest BCUT2D eigenvalue weighted by Gasteiger charge is 2.04. The molecule has 0 unspecified atom stereocenters. The Balaban J connectivity index is 1.20. The number of nitrogens with two attached hydrogens (primary N) is 1. The van der Waals surface area contributed by atoms with Crippen LogP contribution < -0.4 is 10.5 Å². The second kappa shape index (κ2) is 18.4. The molecule has 0 spiro atoms. The van der Waals surface area contributed by atoms with Gasteiger partial charge in [-0.25, -0.2) is 0 Å². The molecule has 4 heteroatoms. The zero-order valence-corrected chi connectivity index (χ0v) is 23.7. The number of azo groups is 1. The Bertz CT molecular complexity index is 1060. The fraction of sp³-hybridized carbons (Fsp3) is 0.529. The van der Waals surface area contributed by atoms with Crippen LogP contribution in [0, 0.1) is 0 Å². The number of nitrogens with zero attached hydrogens (tertiary/aromatic N) is 2. The smallest absolute Gasteiger partial charge is 0.119 e. The van der Waals surface area contributed by atoms with E-state index in [-0.39, 0.29) is 0 Å². The lowest BCUT2D eigenvalue weighted by Gasteiger charge is -2.07. The molecule has 0 radical (unpaired) electrons. The minimum atomic E-state index is 0.631. The van der Waals surface area contributed by atoms with Crippen molar-refractivity contribution < 1.29 is 4.74 Å². The molecule has 0 fully saturated rings. The summed E-state index contributed by atoms with van der Waals surface area (Å²) in [6.07, 6.45) is 22.1. The van der Waals surface area contributed by atoms with Crippen molar-refractivity contribution in [1.82, 2.24) is 0 Å². The van der Waals surface area contributed by atoms with E-state index in [0.29, 0.717) is 11.4 Å². The van der Waals surface area contributed by atoms with Gasteiger partial charge in [-0.1, -0.05) is 134 Å². The number of anilines is 1. The van der Waals surface area contributed by atoms with Crippen LogP contribution in [0.2, 0.25) is 0 Å². The molecular formula is C34H49N3O. The van der Waals surface area contributed by atoms with E-state index in [1.165, 1.54) is 96.3 Å². The minimum Gasteiger partial charge on any atom is -0.494 e. The van der Waals surface area contributed by atoms with E-state index in [1.54, 1.807) is 0 Å². The Morgan fingerprint density at radius 3 is 1.74 bits per heavy atom. The molecule has 0 aliphatic carbocycles. The lowest BCUT2D eigenvalue weighted by molar-refractivity contribution is 0.304. The van der Waals surface area contributed by atoms with Crippen LogP contribution in [0.1, 0.15) is 110 Å². The number of nitrogen functional groups attached to an aromatic ring is 1. The average molecular weight is 516 g/mol. The van der Waals surface area contributed by atoms with Gasteiger partial charge in [0.15, 0.2) is 0 Å².